The van der Waals surface area contributed by atoms with Crippen molar-refractivity contribution < 1.29 is 9.53 Å². The molecule has 22 heavy (non-hydrogen) atoms. The number of piperidine rings is 1. The van der Waals surface area contributed by atoms with Gasteiger partial charge in [-0.15, -0.1) is 0 Å². The smallest absolute Gasteiger partial charge is 0.407 e. The van der Waals surface area contributed by atoms with E-state index in [9.17, 15) is 4.79 Å². The molecule has 0 radical (unpaired) electrons. The highest BCUT2D eigenvalue weighted by molar-refractivity contribution is 5.67. The molecule has 1 aliphatic heterocycles. The van der Waals surface area contributed by atoms with E-state index >= 15 is 0 Å². The molecule has 1 unspecified atom stereocenters. The van der Waals surface area contributed by atoms with Crippen LogP contribution in [0.4, 0.5) is 16.6 Å². The highest BCUT2D eigenvalue weighted by Gasteiger charge is 2.23. The van der Waals surface area contributed by atoms with Crippen LogP contribution < -0.4 is 16.0 Å². The minimum Gasteiger partial charge on any atom is -0.444 e. The molecule has 0 aliphatic carbocycles. The number of rotatable bonds is 3. The summed E-state index contributed by atoms with van der Waals surface area (Å²) in [6.07, 6.45) is 3.40. The van der Waals surface area contributed by atoms with E-state index in [-0.39, 0.29) is 6.09 Å². The monoisotopic (exact) mass is 307 g/mol. The van der Waals surface area contributed by atoms with Crippen molar-refractivity contribution in [3.63, 3.8) is 0 Å². The van der Waals surface area contributed by atoms with E-state index in [1.165, 1.54) is 0 Å². The van der Waals surface area contributed by atoms with Crippen molar-refractivity contribution in [2.24, 2.45) is 5.92 Å². The molecule has 1 fully saturated rings. The fourth-order valence-electron chi connectivity index (χ4n) is 2.47. The summed E-state index contributed by atoms with van der Waals surface area (Å²) in [6.45, 7) is 7.86. The molecule has 0 bridgehead atoms. The highest BCUT2D eigenvalue weighted by atomic mass is 16.6. The van der Waals surface area contributed by atoms with Gasteiger partial charge in [0.1, 0.15) is 11.4 Å². The molecular formula is C15H25N5O2. The molecule has 3 N–H and O–H groups in total. The summed E-state index contributed by atoms with van der Waals surface area (Å²) in [6, 6.07) is 1.68. The SMILES string of the molecule is CC(C)(C)OC(=O)NCC1CCCN(c2nccc(N)n2)C1. The van der Waals surface area contributed by atoms with Crippen LogP contribution in [0.3, 0.4) is 0 Å². The third-order valence-corrected chi connectivity index (χ3v) is 3.40. The lowest BCUT2D eigenvalue weighted by atomic mass is 9.98. The third kappa shape index (κ3) is 5.05. The molecule has 1 saturated heterocycles. The molecule has 1 aliphatic rings. The first kappa shape index (κ1) is 16.3. The number of nitrogens with zero attached hydrogens (tertiary/aromatic N) is 3. The summed E-state index contributed by atoms with van der Waals surface area (Å²) in [5, 5.41) is 2.84. The highest BCUT2D eigenvalue weighted by Crippen LogP contribution is 2.20. The van der Waals surface area contributed by atoms with Crippen molar-refractivity contribution >= 4 is 17.9 Å². The van der Waals surface area contributed by atoms with Crippen LogP contribution in [-0.4, -0.2) is 41.3 Å². The second-order valence-electron chi connectivity index (χ2n) is 6.62. The summed E-state index contributed by atoms with van der Waals surface area (Å²) in [5.41, 5.74) is 5.23. The number of aromatic nitrogens is 2. The molecule has 1 amide bonds. The molecule has 0 spiro atoms. The number of amides is 1. The standard InChI is InChI=1S/C15H25N5O2/c1-15(2,3)22-14(21)18-9-11-5-4-8-20(10-11)13-17-7-6-12(16)19-13/h6-7,11H,4-5,8-10H2,1-3H3,(H,18,21)(H2,16,17,19). The minimum absolute atomic E-state index is 0.353. The molecule has 0 saturated carbocycles. The number of nitrogens with one attached hydrogen (secondary N) is 1. The number of carbonyl (C=O) groups is 1. The molecule has 7 heteroatoms. The van der Waals surface area contributed by atoms with Crippen molar-refractivity contribution in [2.45, 2.75) is 39.2 Å². The number of hydrogen-bond donors (Lipinski definition) is 2. The number of ether oxygens (including phenoxy) is 1. The van der Waals surface area contributed by atoms with E-state index in [0.717, 1.165) is 25.9 Å². The van der Waals surface area contributed by atoms with Crippen molar-refractivity contribution in [3.05, 3.63) is 12.3 Å². The van der Waals surface area contributed by atoms with Gasteiger partial charge < -0.3 is 20.7 Å². The van der Waals surface area contributed by atoms with E-state index in [2.05, 4.69) is 20.2 Å². The zero-order valence-electron chi connectivity index (χ0n) is 13.5. The maximum absolute atomic E-state index is 11.7. The normalized spacial score (nSPS) is 18.9. The first-order valence-corrected chi connectivity index (χ1v) is 7.64. The Morgan fingerprint density at radius 3 is 3.00 bits per heavy atom. The van der Waals surface area contributed by atoms with Crippen LogP contribution in [-0.2, 0) is 4.74 Å². The molecule has 2 rings (SSSR count). The molecular weight excluding hydrogens is 282 g/mol. The molecule has 1 aromatic rings. The van der Waals surface area contributed by atoms with Crippen molar-refractivity contribution in [2.75, 3.05) is 30.3 Å². The Hall–Kier alpha value is -2.05. The van der Waals surface area contributed by atoms with Gasteiger partial charge in [-0.1, -0.05) is 0 Å². The maximum atomic E-state index is 11.7. The quantitative estimate of drug-likeness (QED) is 0.884. The van der Waals surface area contributed by atoms with Gasteiger partial charge >= 0.3 is 6.09 Å². The number of hydrogen-bond acceptors (Lipinski definition) is 6. The van der Waals surface area contributed by atoms with Gasteiger partial charge in [0.2, 0.25) is 5.95 Å². The molecule has 2 heterocycles. The van der Waals surface area contributed by atoms with E-state index in [0.29, 0.717) is 24.2 Å². The van der Waals surface area contributed by atoms with Gasteiger partial charge in [0.15, 0.2) is 0 Å². The minimum atomic E-state index is -0.474. The van der Waals surface area contributed by atoms with Crippen LogP contribution in [0.5, 0.6) is 0 Å². The Bertz CT molecular complexity index is 515. The predicted octanol–water partition coefficient (Wildman–Crippen LogP) is 1.80. The Kier molecular flexibility index (Phi) is 5.05. The largest absolute Gasteiger partial charge is 0.444 e. The molecule has 1 atom stereocenters. The average Bonchev–Trinajstić information content (AvgIpc) is 2.44. The summed E-state index contributed by atoms with van der Waals surface area (Å²) in [7, 11) is 0. The fourth-order valence-corrected chi connectivity index (χ4v) is 2.47. The van der Waals surface area contributed by atoms with Gasteiger partial charge in [0, 0.05) is 25.8 Å². The van der Waals surface area contributed by atoms with Gasteiger partial charge in [-0.05, 0) is 45.6 Å². The third-order valence-electron chi connectivity index (χ3n) is 3.40. The summed E-state index contributed by atoms with van der Waals surface area (Å²) < 4.78 is 5.25. The molecule has 0 aromatic carbocycles. The summed E-state index contributed by atoms with van der Waals surface area (Å²) in [4.78, 5) is 22.3. The second-order valence-corrected chi connectivity index (χ2v) is 6.62. The predicted molar refractivity (Wildman–Crippen MR) is 85.6 cm³/mol. The van der Waals surface area contributed by atoms with Crippen molar-refractivity contribution in [1.82, 2.24) is 15.3 Å². The number of nitrogens with two attached hydrogens (primary N) is 1. The van der Waals surface area contributed by atoms with Crippen molar-refractivity contribution in [3.8, 4) is 0 Å². The van der Waals surface area contributed by atoms with Gasteiger partial charge in [0.25, 0.3) is 0 Å². The Balaban J connectivity index is 1.85. The lowest BCUT2D eigenvalue weighted by molar-refractivity contribution is 0.0517. The maximum Gasteiger partial charge on any atom is 0.407 e. The Labute approximate surface area is 131 Å². The lowest BCUT2D eigenvalue weighted by Crippen LogP contribution is -2.42. The number of alkyl carbamates (subject to hydrolysis) is 1. The Morgan fingerprint density at radius 1 is 1.55 bits per heavy atom. The fraction of sp³-hybridized carbons (Fsp3) is 0.667. The second kappa shape index (κ2) is 6.81. The molecule has 122 valence electrons. The van der Waals surface area contributed by atoms with Crippen LogP contribution in [0.2, 0.25) is 0 Å². The number of carbonyl (C=O) groups excluding carboxylic acids is 1. The zero-order chi connectivity index (χ0) is 16.2. The van der Waals surface area contributed by atoms with Gasteiger partial charge in [0.05, 0.1) is 0 Å². The van der Waals surface area contributed by atoms with Crippen LogP contribution in [0, 0.1) is 5.92 Å². The Morgan fingerprint density at radius 2 is 2.32 bits per heavy atom. The number of anilines is 2. The summed E-state index contributed by atoms with van der Waals surface area (Å²) >= 11 is 0. The van der Waals surface area contributed by atoms with Gasteiger partial charge in [-0.2, -0.15) is 4.98 Å². The summed E-state index contributed by atoms with van der Waals surface area (Å²) in [5.74, 6) is 1.48. The topological polar surface area (TPSA) is 93.4 Å². The van der Waals surface area contributed by atoms with Gasteiger partial charge in [-0.25, -0.2) is 9.78 Å². The van der Waals surface area contributed by atoms with E-state index in [4.69, 9.17) is 10.5 Å². The van der Waals surface area contributed by atoms with Crippen LogP contribution in [0.25, 0.3) is 0 Å². The van der Waals surface area contributed by atoms with Crippen LogP contribution in [0.1, 0.15) is 33.6 Å². The first-order valence-electron chi connectivity index (χ1n) is 7.64. The van der Waals surface area contributed by atoms with Gasteiger partial charge in [-0.3, -0.25) is 0 Å². The first-order chi connectivity index (χ1) is 10.3. The molecule has 7 nitrogen and oxygen atoms in total. The molecule has 1 aromatic heterocycles. The lowest BCUT2D eigenvalue weighted by Gasteiger charge is -2.33. The van der Waals surface area contributed by atoms with Crippen LogP contribution >= 0.6 is 0 Å². The van der Waals surface area contributed by atoms with E-state index < -0.39 is 5.60 Å². The van der Waals surface area contributed by atoms with E-state index in [1.54, 1.807) is 12.3 Å². The van der Waals surface area contributed by atoms with Crippen molar-refractivity contribution in [1.29, 1.82) is 0 Å². The van der Waals surface area contributed by atoms with E-state index in [1.807, 2.05) is 20.8 Å². The zero-order valence-corrected chi connectivity index (χ0v) is 13.5. The van der Waals surface area contributed by atoms with Crippen LogP contribution in [0.15, 0.2) is 12.3 Å². The number of nitrogen functional groups attached to an aromatic ring is 1. The average molecular weight is 307 g/mol.